The minimum Gasteiger partial charge on any atom is -0.381 e. The maximum atomic E-state index is 14.8. The van der Waals surface area contributed by atoms with Crippen molar-refractivity contribution < 1.29 is 35.9 Å². The van der Waals surface area contributed by atoms with Crippen molar-refractivity contribution in [2.24, 2.45) is 11.8 Å². The molecule has 7 nitrogen and oxygen atoms in total. The van der Waals surface area contributed by atoms with Crippen LogP contribution in [0.4, 0.5) is 13.2 Å². The molecule has 2 aliphatic heterocycles. The first-order valence-corrected chi connectivity index (χ1v) is 13.9. The van der Waals surface area contributed by atoms with E-state index < -0.39 is 62.3 Å². The molecule has 12 heteroatoms. The lowest BCUT2D eigenvalue weighted by molar-refractivity contribution is -0.128. The second-order valence-corrected chi connectivity index (χ2v) is 12.1. The summed E-state index contributed by atoms with van der Waals surface area (Å²) >= 11 is 5.69. The highest BCUT2D eigenvalue weighted by Crippen LogP contribution is 2.35. The van der Waals surface area contributed by atoms with Crippen LogP contribution in [0, 0.1) is 29.3 Å². The van der Waals surface area contributed by atoms with Crippen molar-refractivity contribution in [3.8, 4) is 0 Å². The number of benzene rings is 2. The monoisotopic (exact) mass is 558 g/mol. The molecule has 200 valence electrons. The number of likely N-dealkylation sites (tertiary alicyclic amines) is 1. The number of hydrogen-bond donors (Lipinski definition) is 1. The average molecular weight is 559 g/mol. The van der Waals surface area contributed by atoms with Gasteiger partial charge < -0.3 is 15.0 Å². The molecule has 2 aromatic carbocycles. The Hall–Kier alpha value is -2.63. The largest absolute Gasteiger partial charge is 0.381 e. The zero-order valence-corrected chi connectivity index (χ0v) is 21.9. The number of nitrogens with zero attached hydrogens (tertiary/aromatic N) is 1. The van der Waals surface area contributed by atoms with Crippen LogP contribution in [0.2, 0.25) is 5.02 Å². The van der Waals surface area contributed by atoms with Crippen molar-refractivity contribution in [2.75, 3.05) is 19.5 Å². The van der Waals surface area contributed by atoms with E-state index in [9.17, 15) is 31.2 Å². The van der Waals surface area contributed by atoms with Crippen LogP contribution in [0.1, 0.15) is 42.2 Å². The van der Waals surface area contributed by atoms with Gasteiger partial charge in [0.2, 0.25) is 5.91 Å². The Morgan fingerprint density at radius 3 is 2.35 bits per heavy atom. The zero-order chi connectivity index (χ0) is 27.2. The first-order valence-electron chi connectivity index (χ1n) is 11.6. The van der Waals surface area contributed by atoms with Crippen LogP contribution in [0.15, 0.2) is 35.2 Å². The van der Waals surface area contributed by atoms with E-state index >= 15 is 0 Å². The number of carbonyl (C=O) groups is 2. The first kappa shape index (κ1) is 27.4. The van der Waals surface area contributed by atoms with Gasteiger partial charge in [0.25, 0.3) is 5.91 Å². The molecule has 2 aromatic rings. The molecule has 2 fully saturated rings. The third-order valence-corrected chi connectivity index (χ3v) is 8.47. The molecule has 4 atom stereocenters. The van der Waals surface area contributed by atoms with E-state index in [1.165, 1.54) is 4.90 Å². The molecule has 2 aliphatic rings. The minimum absolute atomic E-state index is 0.0940. The quantitative estimate of drug-likeness (QED) is 0.543. The number of sulfone groups is 1. The van der Waals surface area contributed by atoms with Gasteiger partial charge in [-0.15, -0.1) is 0 Å². The summed E-state index contributed by atoms with van der Waals surface area (Å²) in [6.07, 6.45) is 1.16. The molecule has 37 heavy (non-hydrogen) atoms. The van der Waals surface area contributed by atoms with Crippen molar-refractivity contribution in [3.63, 3.8) is 0 Å². The summed E-state index contributed by atoms with van der Waals surface area (Å²) in [4.78, 5) is 27.9. The summed E-state index contributed by atoms with van der Waals surface area (Å²) in [7, 11) is -3.80. The number of ether oxygens (including phenoxy) is 1. The normalized spacial score (nSPS) is 23.0. The number of rotatable bonds is 6. The Morgan fingerprint density at radius 2 is 1.76 bits per heavy atom. The molecule has 0 aromatic heterocycles. The Balaban J connectivity index is 1.65. The Kier molecular flexibility index (Phi) is 7.60. The van der Waals surface area contributed by atoms with Gasteiger partial charge >= 0.3 is 0 Å². The Morgan fingerprint density at radius 1 is 1.08 bits per heavy atom. The Labute approximate surface area is 217 Å². The van der Waals surface area contributed by atoms with E-state index in [2.05, 4.69) is 5.32 Å². The zero-order valence-electron chi connectivity index (χ0n) is 20.3. The third-order valence-electron chi connectivity index (χ3n) is 7.08. The lowest BCUT2D eigenvalue weighted by Crippen LogP contribution is -2.51. The maximum Gasteiger partial charge on any atom is 0.254 e. The summed E-state index contributed by atoms with van der Waals surface area (Å²) in [6, 6.07) is 2.19. The van der Waals surface area contributed by atoms with Crippen LogP contribution in [-0.4, -0.2) is 56.7 Å². The molecule has 0 saturated carbocycles. The molecule has 0 radical (unpaired) electrons. The van der Waals surface area contributed by atoms with Gasteiger partial charge in [0.1, 0.15) is 23.5 Å². The van der Waals surface area contributed by atoms with E-state index in [0.29, 0.717) is 0 Å². The van der Waals surface area contributed by atoms with Crippen LogP contribution in [0.25, 0.3) is 0 Å². The maximum absolute atomic E-state index is 14.8. The average Bonchev–Trinajstić information content (AvgIpc) is 3.07. The fourth-order valence-electron chi connectivity index (χ4n) is 4.75. The van der Waals surface area contributed by atoms with Gasteiger partial charge in [-0.25, -0.2) is 21.6 Å². The summed E-state index contributed by atoms with van der Waals surface area (Å²) < 4.78 is 72.3. The molecule has 1 N–H and O–H groups in total. The van der Waals surface area contributed by atoms with Gasteiger partial charge in [0, 0.05) is 29.3 Å². The molecule has 0 unspecified atom stereocenters. The highest BCUT2D eigenvalue weighted by molar-refractivity contribution is 7.90. The number of hydrogen-bond acceptors (Lipinski definition) is 5. The van der Waals surface area contributed by atoms with E-state index in [4.69, 9.17) is 16.3 Å². The molecule has 4 rings (SSSR count). The van der Waals surface area contributed by atoms with Gasteiger partial charge in [0.15, 0.2) is 9.84 Å². The molecular formula is C25H26ClF3N2O5S. The van der Waals surface area contributed by atoms with E-state index in [1.807, 2.05) is 6.92 Å². The van der Waals surface area contributed by atoms with E-state index in [0.717, 1.165) is 36.6 Å². The number of carbonyl (C=O) groups excluding carboxylic acids is 2. The van der Waals surface area contributed by atoms with E-state index in [1.54, 1.807) is 6.92 Å². The molecule has 2 heterocycles. The van der Waals surface area contributed by atoms with Gasteiger partial charge in [0.05, 0.1) is 29.2 Å². The molecule has 0 aliphatic carbocycles. The summed E-state index contributed by atoms with van der Waals surface area (Å²) in [5.74, 6) is -4.32. The lowest BCUT2D eigenvalue weighted by Gasteiger charge is -2.36. The molecule has 2 saturated heterocycles. The molecule has 0 bridgehead atoms. The number of halogens is 4. The molecule has 2 amide bonds. The van der Waals surface area contributed by atoms with Crippen LogP contribution < -0.4 is 5.32 Å². The standard InChI is InChI=1S/C25H26ClF3N2O5S/c1-12-4-22(31(13(12)2)25(33)14-5-16(27)7-17(6-14)37(3,34)35)24(32)30-23(15-10-36-11-15)18-8-21(29)19(26)9-20(18)28/h5-9,12-13,15,22-23H,4,10-11H2,1-3H3,(H,30,32)/t12-,13-,22-,23-/m1/s1. The van der Waals surface area contributed by atoms with Crippen molar-refractivity contribution >= 4 is 33.3 Å². The smallest absolute Gasteiger partial charge is 0.254 e. The fraction of sp³-hybridized carbons (Fsp3) is 0.440. The second kappa shape index (κ2) is 10.3. The summed E-state index contributed by atoms with van der Waals surface area (Å²) in [5.41, 5.74) is -0.308. The van der Waals surface area contributed by atoms with Crippen molar-refractivity contribution in [3.05, 3.63) is 63.9 Å². The second-order valence-electron chi connectivity index (χ2n) is 9.70. The SMILES string of the molecule is C[C@@H]1C[C@H](C(=O)N[C@@H](c2cc(F)c(Cl)cc2F)C2COC2)N(C(=O)c2cc(F)cc(S(C)(=O)=O)c2)[C@@H]1C. The van der Waals surface area contributed by atoms with E-state index in [-0.39, 0.29) is 47.5 Å². The minimum atomic E-state index is -3.80. The van der Waals surface area contributed by atoms with Crippen LogP contribution in [0.5, 0.6) is 0 Å². The van der Waals surface area contributed by atoms with Crippen molar-refractivity contribution in [1.29, 1.82) is 0 Å². The van der Waals surface area contributed by atoms with Crippen LogP contribution in [-0.2, 0) is 19.4 Å². The van der Waals surface area contributed by atoms with Crippen LogP contribution >= 0.6 is 11.6 Å². The van der Waals surface area contributed by atoms with Crippen LogP contribution in [0.3, 0.4) is 0 Å². The first-order chi connectivity index (χ1) is 17.3. The van der Waals surface area contributed by atoms with Gasteiger partial charge in [-0.1, -0.05) is 18.5 Å². The highest BCUT2D eigenvalue weighted by Gasteiger charge is 2.45. The topological polar surface area (TPSA) is 92.8 Å². The van der Waals surface area contributed by atoms with Crippen molar-refractivity contribution in [2.45, 2.75) is 43.3 Å². The Bertz CT molecular complexity index is 1350. The molecule has 0 spiro atoms. The van der Waals surface area contributed by atoms with Crippen molar-refractivity contribution in [1.82, 2.24) is 10.2 Å². The highest BCUT2D eigenvalue weighted by atomic mass is 35.5. The number of nitrogens with one attached hydrogen (secondary N) is 1. The fourth-order valence-corrected chi connectivity index (χ4v) is 5.57. The lowest BCUT2D eigenvalue weighted by atomic mass is 9.90. The van der Waals surface area contributed by atoms with Gasteiger partial charge in [-0.05, 0) is 49.6 Å². The number of amides is 2. The van der Waals surface area contributed by atoms with Gasteiger partial charge in [-0.2, -0.15) is 0 Å². The summed E-state index contributed by atoms with van der Waals surface area (Å²) in [6.45, 7) is 4.01. The third kappa shape index (κ3) is 5.49. The van der Waals surface area contributed by atoms with Gasteiger partial charge in [-0.3, -0.25) is 9.59 Å². The predicted octanol–water partition coefficient (Wildman–Crippen LogP) is 3.90. The predicted molar refractivity (Wildman–Crippen MR) is 129 cm³/mol. The molecular weight excluding hydrogens is 533 g/mol. The summed E-state index contributed by atoms with van der Waals surface area (Å²) in [5, 5.41) is 2.36.